The molecule has 1 amide bonds. The van der Waals surface area contributed by atoms with Crippen molar-refractivity contribution in [3.8, 4) is 0 Å². The first-order valence-corrected chi connectivity index (χ1v) is 6.65. The van der Waals surface area contributed by atoms with E-state index in [1.54, 1.807) is 10.6 Å². The van der Waals surface area contributed by atoms with E-state index in [1.165, 1.54) is 12.1 Å². The third kappa shape index (κ3) is 3.26. The first-order chi connectivity index (χ1) is 9.47. The number of aryl methyl sites for hydroxylation is 1. The zero-order valence-corrected chi connectivity index (χ0v) is 11.7. The van der Waals surface area contributed by atoms with Crippen molar-refractivity contribution in [1.29, 1.82) is 0 Å². The number of carbonyl (C=O) groups excluding carboxylic acids is 1. The monoisotopic (exact) mass is 278 g/mol. The van der Waals surface area contributed by atoms with Gasteiger partial charge in [-0.1, -0.05) is 13.8 Å². The molecule has 20 heavy (non-hydrogen) atoms. The van der Waals surface area contributed by atoms with Gasteiger partial charge in [0.05, 0.1) is 11.0 Å². The van der Waals surface area contributed by atoms with Crippen molar-refractivity contribution in [2.45, 2.75) is 26.8 Å². The first-order valence-electron chi connectivity index (χ1n) is 6.65. The van der Waals surface area contributed by atoms with E-state index in [9.17, 15) is 9.18 Å². The van der Waals surface area contributed by atoms with Crippen LogP contribution < -0.4 is 11.1 Å². The molecule has 0 saturated heterocycles. The molecule has 0 aliphatic rings. The van der Waals surface area contributed by atoms with Crippen LogP contribution in [0.3, 0.4) is 0 Å². The highest BCUT2D eigenvalue weighted by Gasteiger charge is 2.10. The number of amides is 1. The standard InChI is InChI=1S/C14H19FN4O/c1-9(2)8-17-13(20)5-6-19-12-7-10(15)3-4-11(12)18-14(19)16/h3-4,7,9H,5-6,8H2,1-2H3,(H2,16,18)(H,17,20). The average molecular weight is 278 g/mol. The maximum Gasteiger partial charge on any atom is 0.221 e. The quantitative estimate of drug-likeness (QED) is 0.877. The zero-order valence-electron chi connectivity index (χ0n) is 11.7. The van der Waals surface area contributed by atoms with Gasteiger partial charge in [-0.05, 0) is 24.1 Å². The number of fused-ring (bicyclic) bond motifs is 1. The van der Waals surface area contributed by atoms with Gasteiger partial charge < -0.3 is 15.6 Å². The fourth-order valence-corrected chi connectivity index (χ4v) is 1.97. The van der Waals surface area contributed by atoms with Crippen molar-refractivity contribution in [3.63, 3.8) is 0 Å². The Kier molecular flexibility index (Phi) is 4.22. The van der Waals surface area contributed by atoms with Crippen molar-refractivity contribution >= 4 is 22.9 Å². The highest BCUT2D eigenvalue weighted by molar-refractivity contribution is 5.79. The topological polar surface area (TPSA) is 72.9 Å². The van der Waals surface area contributed by atoms with Crippen LogP contribution in [0.15, 0.2) is 18.2 Å². The van der Waals surface area contributed by atoms with E-state index in [0.717, 1.165) is 0 Å². The van der Waals surface area contributed by atoms with E-state index in [0.29, 0.717) is 42.4 Å². The van der Waals surface area contributed by atoms with Crippen molar-refractivity contribution in [3.05, 3.63) is 24.0 Å². The van der Waals surface area contributed by atoms with E-state index in [1.807, 2.05) is 13.8 Å². The molecule has 0 atom stereocenters. The number of benzene rings is 1. The lowest BCUT2D eigenvalue weighted by Crippen LogP contribution is -2.28. The molecule has 1 aromatic carbocycles. The molecule has 0 unspecified atom stereocenters. The summed E-state index contributed by atoms with van der Waals surface area (Å²) in [5, 5.41) is 2.84. The van der Waals surface area contributed by atoms with E-state index in [4.69, 9.17) is 5.73 Å². The molecule has 0 fully saturated rings. The number of aromatic nitrogens is 2. The molecule has 1 heterocycles. The average Bonchev–Trinajstić information content (AvgIpc) is 2.69. The summed E-state index contributed by atoms with van der Waals surface area (Å²) in [7, 11) is 0. The zero-order chi connectivity index (χ0) is 14.7. The van der Waals surface area contributed by atoms with Crippen molar-refractivity contribution in [1.82, 2.24) is 14.9 Å². The van der Waals surface area contributed by atoms with E-state index < -0.39 is 0 Å². The van der Waals surface area contributed by atoms with Gasteiger partial charge in [-0.2, -0.15) is 0 Å². The highest BCUT2D eigenvalue weighted by atomic mass is 19.1. The lowest BCUT2D eigenvalue weighted by Gasteiger charge is -2.09. The summed E-state index contributed by atoms with van der Waals surface area (Å²) in [6.45, 7) is 5.10. The Morgan fingerprint density at radius 1 is 1.50 bits per heavy atom. The van der Waals surface area contributed by atoms with Gasteiger partial charge in [-0.15, -0.1) is 0 Å². The maximum atomic E-state index is 13.3. The Labute approximate surface area is 117 Å². The minimum absolute atomic E-state index is 0.0450. The second-order valence-corrected chi connectivity index (χ2v) is 5.20. The first kappa shape index (κ1) is 14.3. The third-order valence-corrected chi connectivity index (χ3v) is 3.01. The number of imidazole rings is 1. The van der Waals surface area contributed by atoms with Crippen LogP contribution in [0.4, 0.5) is 10.3 Å². The van der Waals surface area contributed by atoms with Gasteiger partial charge in [-0.25, -0.2) is 9.37 Å². The van der Waals surface area contributed by atoms with E-state index in [-0.39, 0.29) is 11.7 Å². The summed E-state index contributed by atoms with van der Waals surface area (Å²) < 4.78 is 14.9. The number of hydrogen-bond donors (Lipinski definition) is 2. The van der Waals surface area contributed by atoms with E-state index >= 15 is 0 Å². The molecular formula is C14H19FN4O. The minimum atomic E-state index is -0.345. The van der Waals surface area contributed by atoms with Gasteiger partial charge in [0.25, 0.3) is 0 Å². The summed E-state index contributed by atoms with van der Waals surface area (Å²) in [5.41, 5.74) is 7.05. The Bertz CT molecular complexity index is 621. The molecule has 0 spiro atoms. The van der Waals surface area contributed by atoms with Crippen LogP contribution in [0.25, 0.3) is 11.0 Å². The molecule has 6 heteroatoms. The number of carbonyl (C=O) groups is 1. The molecular weight excluding hydrogens is 259 g/mol. The lowest BCUT2D eigenvalue weighted by molar-refractivity contribution is -0.121. The number of nitrogen functional groups attached to an aromatic ring is 1. The molecule has 5 nitrogen and oxygen atoms in total. The van der Waals surface area contributed by atoms with Gasteiger partial charge in [0, 0.05) is 19.5 Å². The largest absolute Gasteiger partial charge is 0.369 e. The van der Waals surface area contributed by atoms with Crippen LogP contribution >= 0.6 is 0 Å². The van der Waals surface area contributed by atoms with Crippen molar-refractivity contribution in [2.75, 3.05) is 12.3 Å². The molecule has 108 valence electrons. The molecule has 2 rings (SSSR count). The van der Waals surface area contributed by atoms with Crippen LogP contribution in [0.1, 0.15) is 20.3 Å². The number of halogens is 1. The maximum absolute atomic E-state index is 13.3. The smallest absolute Gasteiger partial charge is 0.221 e. The molecule has 3 N–H and O–H groups in total. The van der Waals surface area contributed by atoms with Crippen LogP contribution in [0, 0.1) is 11.7 Å². The number of nitrogens with two attached hydrogens (primary N) is 1. The van der Waals surface area contributed by atoms with Crippen LogP contribution in [-0.2, 0) is 11.3 Å². The Morgan fingerprint density at radius 3 is 2.95 bits per heavy atom. The SMILES string of the molecule is CC(C)CNC(=O)CCn1c(N)nc2ccc(F)cc21. The predicted octanol–water partition coefficient (Wildman–Crippen LogP) is 1.92. The number of nitrogens with one attached hydrogen (secondary N) is 1. The van der Waals surface area contributed by atoms with Gasteiger partial charge >= 0.3 is 0 Å². The van der Waals surface area contributed by atoms with Crippen LogP contribution in [0.2, 0.25) is 0 Å². The Hall–Kier alpha value is -2.11. The fourth-order valence-electron chi connectivity index (χ4n) is 1.97. The molecule has 1 aromatic heterocycles. The second-order valence-electron chi connectivity index (χ2n) is 5.20. The Balaban J connectivity index is 2.08. The summed E-state index contributed by atoms with van der Waals surface area (Å²) >= 11 is 0. The number of rotatable bonds is 5. The van der Waals surface area contributed by atoms with Crippen molar-refractivity contribution < 1.29 is 9.18 Å². The molecule has 0 aliphatic heterocycles. The molecule has 0 bridgehead atoms. The summed E-state index contributed by atoms with van der Waals surface area (Å²) in [6, 6.07) is 4.30. The fraction of sp³-hybridized carbons (Fsp3) is 0.429. The molecule has 0 radical (unpaired) electrons. The van der Waals surface area contributed by atoms with Gasteiger partial charge in [-0.3, -0.25) is 4.79 Å². The molecule has 2 aromatic rings. The second kappa shape index (κ2) is 5.90. The third-order valence-electron chi connectivity index (χ3n) is 3.01. The van der Waals surface area contributed by atoms with Gasteiger partial charge in [0.1, 0.15) is 5.82 Å². The Morgan fingerprint density at radius 2 is 2.25 bits per heavy atom. The minimum Gasteiger partial charge on any atom is -0.369 e. The summed E-state index contributed by atoms with van der Waals surface area (Å²) in [6.07, 6.45) is 0.291. The molecule has 0 aliphatic carbocycles. The number of nitrogens with zero attached hydrogens (tertiary/aromatic N) is 2. The predicted molar refractivity (Wildman–Crippen MR) is 76.6 cm³/mol. The normalized spacial score (nSPS) is 11.2. The lowest BCUT2D eigenvalue weighted by atomic mass is 10.2. The summed E-state index contributed by atoms with van der Waals surface area (Å²) in [4.78, 5) is 15.8. The van der Waals surface area contributed by atoms with Gasteiger partial charge in [0.15, 0.2) is 0 Å². The highest BCUT2D eigenvalue weighted by Crippen LogP contribution is 2.19. The molecule has 0 saturated carbocycles. The van der Waals surface area contributed by atoms with E-state index in [2.05, 4.69) is 10.3 Å². The van der Waals surface area contributed by atoms with Crippen LogP contribution in [0.5, 0.6) is 0 Å². The van der Waals surface area contributed by atoms with Crippen LogP contribution in [-0.4, -0.2) is 22.0 Å². The number of hydrogen-bond acceptors (Lipinski definition) is 3. The van der Waals surface area contributed by atoms with Gasteiger partial charge in [0.2, 0.25) is 11.9 Å². The number of anilines is 1. The van der Waals surface area contributed by atoms with Crippen molar-refractivity contribution in [2.24, 2.45) is 5.92 Å². The summed E-state index contributed by atoms with van der Waals surface area (Å²) in [5.74, 6) is 0.314.